The van der Waals surface area contributed by atoms with Gasteiger partial charge in [0.15, 0.2) is 6.61 Å². The fraction of sp³-hybridized carbons (Fsp3) is 0.176. The Kier molecular flexibility index (Phi) is 5.98. The van der Waals surface area contributed by atoms with E-state index in [0.29, 0.717) is 5.02 Å². The Morgan fingerprint density at radius 2 is 1.95 bits per heavy atom. The van der Waals surface area contributed by atoms with Crippen LogP contribution < -0.4 is 10.2 Å². The summed E-state index contributed by atoms with van der Waals surface area (Å²) in [5, 5.41) is 4.45. The van der Waals surface area contributed by atoms with Crippen molar-refractivity contribution >= 4 is 23.7 Å². The molecule has 0 saturated heterocycles. The molecule has 0 heterocycles. The molecule has 0 aromatic heterocycles. The molecular weight excluding hydrogens is 300 g/mol. The van der Waals surface area contributed by atoms with E-state index in [-0.39, 0.29) is 12.5 Å². The number of amides is 1. The van der Waals surface area contributed by atoms with Crippen LogP contribution in [0.15, 0.2) is 53.6 Å². The second-order valence-corrected chi connectivity index (χ2v) is 4.97. The molecule has 0 aliphatic rings. The minimum Gasteiger partial charge on any atom is -0.483 e. The van der Waals surface area contributed by atoms with E-state index in [1.54, 1.807) is 6.07 Å². The van der Waals surface area contributed by atoms with Gasteiger partial charge in [-0.05, 0) is 24.1 Å². The first-order valence-electron chi connectivity index (χ1n) is 6.98. The van der Waals surface area contributed by atoms with Crippen molar-refractivity contribution in [2.24, 2.45) is 5.10 Å². The summed E-state index contributed by atoms with van der Waals surface area (Å²) < 4.78 is 5.50. The van der Waals surface area contributed by atoms with Gasteiger partial charge in [-0.2, -0.15) is 5.10 Å². The van der Waals surface area contributed by atoms with Crippen LogP contribution in [0.25, 0.3) is 0 Å². The Morgan fingerprint density at radius 3 is 2.73 bits per heavy atom. The first-order chi connectivity index (χ1) is 10.7. The van der Waals surface area contributed by atoms with Crippen molar-refractivity contribution in [1.82, 2.24) is 5.43 Å². The summed E-state index contributed by atoms with van der Waals surface area (Å²) in [6.45, 7) is 1.95. The van der Waals surface area contributed by atoms with Crippen LogP contribution in [0.3, 0.4) is 0 Å². The molecule has 2 aromatic rings. The molecule has 4 nitrogen and oxygen atoms in total. The highest BCUT2D eigenvalue weighted by Gasteiger charge is 2.04. The van der Waals surface area contributed by atoms with E-state index in [9.17, 15) is 4.79 Å². The van der Waals surface area contributed by atoms with Gasteiger partial charge >= 0.3 is 0 Å². The summed E-state index contributed by atoms with van der Waals surface area (Å²) in [5.74, 6) is 0.393. The van der Waals surface area contributed by atoms with Crippen molar-refractivity contribution < 1.29 is 9.53 Å². The number of para-hydroxylation sites is 1. The summed E-state index contributed by atoms with van der Waals surface area (Å²) in [4.78, 5) is 11.7. The molecule has 0 radical (unpaired) electrons. The van der Waals surface area contributed by atoms with Gasteiger partial charge in [0.2, 0.25) is 0 Å². The maximum atomic E-state index is 11.7. The second-order valence-electron chi connectivity index (χ2n) is 4.56. The van der Waals surface area contributed by atoms with Crippen LogP contribution in [0.1, 0.15) is 18.1 Å². The highest BCUT2D eigenvalue weighted by atomic mass is 35.5. The number of carbonyl (C=O) groups is 1. The Morgan fingerprint density at radius 1 is 1.23 bits per heavy atom. The summed E-state index contributed by atoms with van der Waals surface area (Å²) in [7, 11) is 0. The molecule has 114 valence electrons. The third-order valence-corrected chi connectivity index (χ3v) is 3.35. The standard InChI is InChI=1S/C17H17ClN2O2/c1-2-13-7-4-6-10-16(13)22-12-17(21)20-19-11-14-8-3-5-9-15(14)18/h3-11H,2,12H2,1H3,(H,20,21)/b19-11+. The lowest BCUT2D eigenvalue weighted by atomic mass is 10.1. The number of hydrogen-bond donors (Lipinski definition) is 1. The lowest BCUT2D eigenvalue weighted by Crippen LogP contribution is -2.24. The van der Waals surface area contributed by atoms with Crippen molar-refractivity contribution in [2.45, 2.75) is 13.3 Å². The van der Waals surface area contributed by atoms with Crippen LogP contribution in [0.2, 0.25) is 5.02 Å². The van der Waals surface area contributed by atoms with Crippen LogP contribution in [0.4, 0.5) is 0 Å². The van der Waals surface area contributed by atoms with Crippen molar-refractivity contribution in [3.63, 3.8) is 0 Å². The molecule has 1 amide bonds. The number of rotatable bonds is 6. The highest BCUT2D eigenvalue weighted by molar-refractivity contribution is 6.33. The number of carbonyl (C=O) groups excluding carboxylic acids is 1. The molecule has 22 heavy (non-hydrogen) atoms. The molecule has 1 N–H and O–H groups in total. The number of ether oxygens (including phenoxy) is 1. The summed E-state index contributed by atoms with van der Waals surface area (Å²) in [5.41, 5.74) is 4.22. The summed E-state index contributed by atoms with van der Waals surface area (Å²) >= 11 is 5.99. The number of hydrogen-bond acceptors (Lipinski definition) is 3. The Hall–Kier alpha value is -2.33. The molecular formula is C17H17ClN2O2. The monoisotopic (exact) mass is 316 g/mol. The van der Waals surface area contributed by atoms with Gasteiger partial charge in [0.25, 0.3) is 5.91 Å². The molecule has 0 saturated carbocycles. The predicted molar refractivity (Wildman–Crippen MR) is 88.5 cm³/mol. The minimum atomic E-state index is -0.325. The average molecular weight is 317 g/mol. The quantitative estimate of drug-likeness (QED) is 0.655. The van der Waals surface area contributed by atoms with Gasteiger partial charge in [-0.15, -0.1) is 0 Å². The van der Waals surface area contributed by atoms with E-state index >= 15 is 0 Å². The number of nitrogens with zero attached hydrogens (tertiary/aromatic N) is 1. The van der Waals surface area contributed by atoms with E-state index in [4.69, 9.17) is 16.3 Å². The maximum absolute atomic E-state index is 11.7. The van der Waals surface area contributed by atoms with E-state index < -0.39 is 0 Å². The molecule has 2 rings (SSSR count). The zero-order chi connectivity index (χ0) is 15.8. The molecule has 0 fully saturated rings. The Balaban J connectivity index is 1.85. The number of benzene rings is 2. The first kappa shape index (κ1) is 16.0. The lowest BCUT2D eigenvalue weighted by molar-refractivity contribution is -0.123. The molecule has 0 bridgehead atoms. The first-order valence-corrected chi connectivity index (χ1v) is 7.35. The maximum Gasteiger partial charge on any atom is 0.277 e. The minimum absolute atomic E-state index is 0.0864. The zero-order valence-corrected chi connectivity index (χ0v) is 13.0. The van der Waals surface area contributed by atoms with Gasteiger partial charge in [-0.1, -0.05) is 54.9 Å². The second kappa shape index (κ2) is 8.20. The highest BCUT2D eigenvalue weighted by Crippen LogP contribution is 2.17. The fourth-order valence-electron chi connectivity index (χ4n) is 1.87. The molecule has 0 atom stereocenters. The van der Waals surface area contributed by atoms with Crippen molar-refractivity contribution in [2.75, 3.05) is 6.61 Å². The summed E-state index contributed by atoms with van der Waals surface area (Å²) in [6, 6.07) is 14.9. The topological polar surface area (TPSA) is 50.7 Å². The van der Waals surface area contributed by atoms with Crippen molar-refractivity contribution in [3.05, 3.63) is 64.7 Å². The van der Waals surface area contributed by atoms with Crippen molar-refractivity contribution in [3.8, 4) is 5.75 Å². The number of hydrazone groups is 1. The average Bonchev–Trinajstić information content (AvgIpc) is 2.55. The van der Waals surface area contributed by atoms with Gasteiger partial charge in [0.1, 0.15) is 5.75 Å². The van der Waals surface area contributed by atoms with E-state index in [1.807, 2.05) is 49.4 Å². The lowest BCUT2D eigenvalue weighted by Gasteiger charge is -2.09. The van der Waals surface area contributed by atoms with Gasteiger partial charge < -0.3 is 4.74 Å². The van der Waals surface area contributed by atoms with Gasteiger partial charge in [0.05, 0.1) is 6.21 Å². The molecule has 2 aromatic carbocycles. The molecule has 0 spiro atoms. The summed E-state index contributed by atoms with van der Waals surface area (Å²) in [6.07, 6.45) is 2.35. The van der Waals surface area contributed by atoms with Gasteiger partial charge in [-0.3, -0.25) is 4.79 Å². The van der Waals surface area contributed by atoms with E-state index in [0.717, 1.165) is 23.3 Å². The molecule has 0 aliphatic heterocycles. The molecule has 0 unspecified atom stereocenters. The van der Waals surface area contributed by atoms with Gasteiger partial charge in [0, 0.05) is 10.6 Å². The molecule has 0 aliphatic carbocycles. The smallest absolute Gasteiger partial charge is 0.277 e. The van der Waals surface area contributed by atoms with Crippen LogP contribution in [0, 0.1) is 0 Å². The number of nitrogens with one attached hydrogen (secondary N) is 1. The van der Waals surface area contributed by atoms with Crippen LogP contribution >= 0.6 is 11.6 Å². The van der Waals surface area contributed by atoms with Crippen LogP contribution in [0.5, 0.6) is 5.75 Å². The Bertz CT molecular complexity index is 671. The Labute approximate surface area is 134 Å². The van der Waals surface area contributed by atoms with Crippen LogP contribution in [-0.2, 0) is 11.2 Å². The third-order valence-electron chi connectivity index (χ3n) is 3.01. The van der Waals surface area contributed by atoms with E-state index in [2.05, 4.69) is 10.5 Å². The third kappa shape index (κ3) is 4.60. The SMILES string of the molecule is CCc1ccccc1OCC(=O)N/N=C/c1ccccc1Cl. The predicted octanol–water partition coefficient (Wildman–Crippen LogP) is 3.43. The van der Waals surface area contributed by atoms with E-state index in [1.165, 1.54) is 6.21 Å². The zero-order valence-electron chi connectivity index (χ0n) is 12.3. The van der Waals surface area contributed by atoms with Crippen molar-refractivity contribution in [1.29, 1.82) is 0 Å². The normalized spacial score (nSPS) is 10.6. The van der Waals surface area contributed by atoms with Gasteiger partial charge in [-0.25, -0.2) is 5.43 Å². The number of halogens is 1. The fourth-order valence-corrected chi connectivity index (χ4v) is 2.05. The largest absolute Gasteiger partial charge is 0.483 e. The number of aryl methyl sites for hydroxylation is 1. The van der Waals surface area contributed by atoms with Crippen LogP contribution in [-0.4, -0.2) is 18.7 Å². The molecule has 5 heteroatoms.